The minimum absolute atomic E-state index is 0.267. The molecule has 0 aromatic carbocycles. The molecule has 0 aliphatic carbocycles. The first-order valence-electron chi connectivity index (χ1n) is 6.15. The molecule has 2 N–H and O–H groups in total. The summed E-state index contributed by atoms with van der Waals surface area (Å²) >= 11 is 0. The molecule has 0 aromatic rings. The van der Waals surface area contributed by atoms with Gasteiger partial charge in [-0.2, -0.15) is 0 Å². The van der Waals surface area contributed by atoms with Gasteiger partial charge in [-0.05, 0) is 27.2 Å². The molecular weight excluding hydrogens is 220 g/mol. The van der Waals surface area contributed by atoms with Crippen LogP contribution in [-0.2, 0) is 9.47 Å². The van der Waals surface area contributed by atoms with Crippen molar-refractivity contribution >= 4 is 6.09 Å². The van der Waals surface area contributed by atoms with Crippen LogP contribution in [0.4, 0.5) is 4.79 Å². The summed E-state index contributed by atoms with van der Waals surface area (Å²) in [5.74, 6) is 0.337. The van der Waals surface area contributed by atoms with Gasteiger partial charge in [0.25, 0.3) is 0 Å². The molecule has 0 saturated carbocycles. The Balaban J connectivity index is 1.99. The topological polar surface area (TPSA) is 64.8 Å². The third kappa shape index (κ3) is 2.72. The van der Waals surface area contributed by atoms with E-state index >= 15 is 0 Å². The van der Waals surface area contributed by atoms with Gasteiger partial charge < -0.3 is 20.1 Å². The van der Waals surface area contributed by atoms with E-state index in [9.17, 15) is 4.79 Å². The summed E-state index contributed by atoms with van der Waals surface area (Å²) in [7, 11) is 0. The van der Waals surface area contributed by atoms with Crippen LogP contribution < -0.4 is 5.73 Å². The lowest BCUT2D eigenvalue weighted by Gasteiger charge is -2.34. The molecule has 2 unspecified atom stereocenters. The fourth-order valence-electron chi connectivity index (χ4n) is 2.49. The molecule has 2 fully saturated rings. The monoisotopic (exact) mass is 242 g/mol. The summed E-state index contributed by atoms with van der Waals surface area (Å²) in [6.45, 7) is 8.12. The van der Waals surface area contributed by atoms with E-state index in [2.05, 4.69) is 0 Å². The smallest absolute Gasteiger partial charge is 0.410 e. The quantitative estimate of drug-likeness (QED) is 0.687. The highest BCUT2D eigenvalue weighted by atomic mass is 16.6. The van der Waals surface area contributed by atoms with Crippen LogP contribution in [0.2, 0.25) is 0 Å². The van der Waals surface area contributed by atoms with Gasteiger partial charge in [0, 0.05) is 25.6 Å². The van der Waals surface area contributed by atoms with Crippen molar-refractivity contribution in [2.75, 3.05) is 26.3 Å². The standard InChI is InChI=1S/C12H22N2O3/c1-11(2,3)17-10(15)14-6-9-4-5-16-8-12(9,13)7-14/h9H,4-8,13H2,1-3H3. The third-order valence-corrected chi connectivity index (χ3v) is 3.37. The molecule has 5 nitrogen and oxygen atoms in total. The zero-order valence-corrected chi connectivity index (χ0v) is 10.9. The highest BCUT2D eigenvalue weighted by Gasteiger charge is 2.47. The van der Waals surface area contributed by atoms with E-state index in [0.717, 1.165) is 13.0 Å². The number of ether oxygens (including phenoxy) is 2. The van der Waals surface area contributed by atoms with E-state index in [0.29, 0.717) is 25.6 Å². The van der Waals surface area contributed by atoms with E-state index in [1.165, 1.54) is 0 Å². The normalized spacial score (nSPS) is 33.4. The largest absolute Gasteiger partial charge is 0.444 e. The molecule has 0 bridgehead atoms. The molecule has 98 valence electrons. The van der Waals surface area contributed by atoms with Crippen LogP contribution in [0.3, 0.4) is 0 Å². The van der Waals surface area contributed by atoms with Crippen molar-refractivity contribution in [3.63, 3.8) is 0 Å². The Hall–Kier alpha value is -0.810. The molecule has 0 radical (unpaired) electrons. The molecule has 2 saturated heterocycles. The molecular formula is C12H22N2O3. The second-order valence-corrected chi connectivity index (χ2v) is 6.13. The number of nitrogens with zero attached hydrogens (tertiary/aromatic N) is 1. The molecule has 2 rings (SSSR count). The number of carbonyl (C=O) groups excluding carboxylic acids is 1. The number of likely N-dealkylation sites (tertiary alicyclic amines) is 1. The first-order valence-corrected chi connectivity index (χ1v) is 6.15. The van der Waals surface area contributed by atoms with Crippen LogP contribution in [0.1, 0.15) is 27.2 Å². The lowest BCUT2D eigenvalue weighted by molar-refractivity contribution is 0.0179. The summed E-state index contributed by atoms with van der Waals surface area (Å²) in [5.41, 5.74) is 5.45. The Morgan fingerprint density at radius 2 is 2.24 bits per heavy atom. The predicted octanol–water partition coefficient (Wildman–Crippen LogP) is 0.971. The first-order chi connectivity index (χ1) is 7.80. The highest BCUT2D eigenvalue weighted by molar-refractivity contribution is 5.69. The van der Waals surface area contributed by atoms with Crippen LogP contribution >= 0.6 is 0 Å². The number of fused-ring (bicyclic) bond motifs is 1. The van der Waals surface area contributed by atoms with Crippen LogP contribution in [0.15, 0.2) is 0 Å². The van der Waals surface area contributed by atoms with E-state index in [4.69, 9.17) is 15.2 Å². The van der Waals surface area contributed by atoms with Crippen LogP contribution in [-0.4, -0.2) is 48.4 Å². The van der Waals surface area contributed by atoms with Gasteiger partial charge in [0.2, 0.25) is 0 Å². The number of nitrogens with two attached hydrogens (primary N) is 1. The predicted molar refractivity (Wildman–Crippen MR) is 63.7 cm³/mol. The summed E-state index contributed by atoms with van der Waals surface area (Å²) < 4.78 is 10.8. The zero-order chi connectivity index (χ0) is 12.7. The second kappa shape index (κ2) is 4.14. The van der Waals surface area contributed by atoms with Crippen LogP contribution in [0, 0.1) is 5.92 Å². The summed E-state index contributed by atoms with van der Waals surface area (Å²) in [4.78, 5) is 13.7. The molecule has 5 heteroatoms. The van der Waals surface area contributed by atoms with Crippen molar-refractivity contribution in [2.24, 2.45) is 11.7 Å². The van der Waals surface area contributed by atoms with Crippen LogP contribution in [0.25, 0.3) is 0 Å². The minimum Gasteiger partial charge on any atom is -0.444 e. The Bertz CT molecular complexity index is 313. The number of hydrogen-bond donors (Lipinski definition) is 1. The number of amides is 1. The lowest BCUT2D eigenvalue weighted by Crippen LogP contribution is -2.54. The molecule has 17 heavy (non-hydrogen) atoms. The third-order valence-electron chi connectivity index (χ3n) is 3.37. The van der Waals surface area contributed by atoms with Gasteiger partial charge in [-0.25, -0.2) is 4.79 Å². The molecule has 2 heterocycles. The van der Waals surface area contributed by atoms with Crippen molar-refractivity contribution in [3.05, 3.63) is 0 Å². The zero-order valence-electron chi connectivity index (χ0n) is 10.9. The minimum atomic E-state index is -0.455. The second-order valence-electron chi connectivity index (χ2n) is 6.13. The maximum atomic E-state index is 12.0. The lowest BCUT2D eigenvalue weighted by atomic mass is 9.85. The van der Waals surface area contributed by atoms with Crippen molar-refractivity contribution < 1.29 is 14.3 Å². The van der Waals surface area contributed by atoms with Gasteiger partial charge in [0.15, 0.2) is 0 Å². The molecule has 2 aliphatic heterocycles. The van der Waals surface area contributed by atoms with Gasteiger partial charge in [-0.3, -0.25) is 0 Å². The van der Waals surface area contributed by atoms with Gasteiger partial charge >= 0.3 is 6.09 Å². The van der Waals surface area contributed by atoms with Crippen molar-refractivity contribution in [2.45, 2.75) is 38.3 Å². The Morgan fingerprint density at radius 3 is 2.82 bits per heavy atom. The SMILES string of the molecule is CC(C)(C)OC(=O)N1CC2CCOCC2(N)C1. The Morgan fingerprint density at radius 1 is 1.53 bits per heavy atom. The van der Waals surface area contributed by atoms with Crippen LogP contribution in [0.5, 0.6) is 0 Å². The molecule has 0 spiro atoms. The van der Waals surface area contributed by atoms with E-state index in [-0.39, 0.29) is 11.6 Å². The van der Waals surface area contributed by atoms with Crippen molar-refractivity contribution in [3.8, 4) is 0 Å². The highest BCUT2D eigenvalue weighted by Crippen LogP contribution is 2.32. The van der Waals surface area contributed by atoms with E-state index in [1.54, 1.807) is 4.90 Å². The fourth-order valence-corrected chi connectivity index (χ4v) is 2.49. The number of carbonyl (C=O) groups is 1. The Kier molecular flexibility index (Phi) is 3.08. The van der Waals surface area contributed by atoms with Gasteiger partial charge in [0.1, 0.15) is 5.60 Å². The van der Waals surface area contributed by atoms with E-state index in [1.807, 2.05) is 20.8 Å². The fraction of sp³-hybridized carbons (Fsp3) is 0.917. The summed E-state index contributed by atoms with van der Waals surface area (Å²) in [6.07, 6.45) is 0.659. The molecule has 1 amide bonds. The summed E-state index contributed by atoms with van der Waals surface area (Å²) in [5, 5.41) is 0. The van der Waals surface area contributed by atoms with Gasteiger partial charge in [0.05, 0.1) is 12.1 Å². The van der Waals surface area contributed by atoms with Gasteiger partial charge in [-0.1, -0.05) is 0 Å². The molecule has 2 aliphatic rings. The first kappa shape index (κ1) is 12.6. The number of rotatable bonds is 0. The maximum Gasteiger partial charge on any atom is 0.410 e. The average Bonchev–Trinajstić information content (AvgIpc) is 2.52. The average molecular weight is 242 g/mol. The number of hydrogen-bond acceptors (Lipinski definition) is 4. The maximum absolute atomic E-state index is 12.0. The molecule has 0 aromatic heterocycles. The van der Waals surface area contributed by atoms with E-state index < -0.39 is 5.60 Å². The van der Waals surface area contributed by atoms with Gasteiger partial charge in [-0.15, -0.1) is 0 Å². The van der Waals surface area contributed by atoms with Crippen molar-refractivity contribution in [1.29, 1.82) is 0 Å². The Labute approximate surface area is 102 Å². The molecule has 2 atom stereocenters. The van der Waals surface area contributed by atoms with Crippen molar-refractivity contribution in [1.82, 2.24) is 4.90 Å². The summed E-state index contributed by atoms with van der Waals surface area (Å²) in [6, 6.07) is 0.